The fourth-order valence-corrected chi connectivity index (χ4v) is 3.30. The molecule has 33 heavy (non-hydrogen) atoms. The Kier molecular flexibility index (Phi) is 8.68. The fourth-order valence-electron chi connectivity index (χ4n) is 2.78. The number of benzene rings is 2. The van der Waals surface area contributed by atoms with Crippen LogP contribution >= 0.6 is 11.3 Å². The van der Waals surface area contributed by atoms with Crippen molar-refractivity contribution in [1.29, 1.82) is 5.26 Å². The van der Waals surface area contributed by atoms with Crippen LogP contribution in [0.5, 0.6) is 23.0 Å². The van der Waals surface area contributed by atoms with Crippen LogP contribution in [0.15, 0.2) is 59.6 Å². The summed E-state index contributed by atoms with van der Waals surface area (Å²) in [6.07, 6.45) is 3.72. The Morgan fingerprint density at radius 3 is 2.64 bits per heavy atom. The number of carbonyl (C=O) groups excluding carboxylic acids is 1. The number of aromatic nitrogens is 1. The highest BCUT2D eigenvalue weighted by Gasteiger charge is 2.12. The number of ether oxygens (including phenoxy) is 4. The third-order valence-corrected chi connectivity index (χ3v) is 5.06. The van der Waals surface area contributed by atoms with Crippen molar-refractivity contribution in [3.05, 3.63) is 65.2 Å². The van der Waals surface area contributed by atoms with Crippen LogP contribution in [0.1, 0.15) is 12.0 Å². The van der Waals surface area contributed by atoms with E-state index in [1.807, 2.05) is 30.3 Å². The van der Waals surface area contributed by atoms with Crippen molar-refractivity contribution in [3.8, 4) is 29.1 Å². The van der Waals surface area contributed by atoms with E-state index < -0.39 is 5.91 Å². The molecule has 0 spiro atoms. The van der Waals surface area contributed by atoms with Crippen molar-refractivity contribution >= 4 is 28.5 Å². The fraction of sp³-hybridized carbons (Fsp3) is 0.208. The Bertz CT molecular complexity index is 1140. The minimum Gasteiger partial charge on any atom is -0.497 e. The molecule has 2 aromatic carbocycles. The first-order chi connectivity index (χ1) is 16.1. The SMILES string of the molecule is COc1cccc(OCCCOc2ccc(/C=C(/C#N)C(=O)Nc3nccs3)cc2OC)c1. The van der Waals surface area contributed by atoms with Crippen LogP contribution in [0.3, 0.4) is 0 Å². The van der Waals surface area contributed by atoms with E-state index in [4.69, 9.17) is 18.9 Å². The summed E-state index contributed by atoms with van der Waals surface area (Å²) in [5.41, 5.74) is 0.585. The molecule has 9 heteroatoms. The molecular formula is C24H23N3O5S. The Labute approximate surface area is 196 Å². The number of anilines is 1. The monoisotopic (exact) mass is 465 g/mol. The molecule has 0 radical (unpaired) electrons. The second-order valence-electron chi connectivity index (χ2n) is 6.60. The summed E-state index contributed by atoms with van der Waals surface area (Å²) in [6, 6.07) is 14.5. The second-order valence-corrected chi connectivity index (χ2v) is 7.50. The number of nitrogens with zero attached hydrogens (tertiary/aromatic N) is 2. The van der Waals surface area contributed by atoms with Gasteiger partial charge in [0, 0.05) is 24.1 Å². The van der Waals surface area contributed by atoms with Crippen molar-refractivity contribution in [2.24, 2.45) is 0 Å². The molecule has 0 saturated heterocycles. The molecule has 0 aliphatic rings. The number of nitrogens with one attached hydrogen (secondary N) is 1. The molecule has 1 aromatic heterocycles. The minimum atomic E-state index is -0.525. The van der Waals surface area contributed by atoms with E-state index >= 15 is 0 Å². The van der Waals surface area contributed by atoms with Gasteiger partial charge in [-0.15, -0.1) is 11.3 Å². The lowest BCUT2D eigenvalue weighted by Crippen LogP contribution is -2.13. The Morgan fingerprint density at radius 2 is 1.91 bits per heavy atom. The molecular weight excluding hydrogens is 442 g/mol. The van der Waals surface area contributed by atoms with Gasteiger partial charge in [0.15, 0.2) is 16.6 Å². The van der Waals surface area contributed by atoms with Crippen molar-refractivity contribution < 1.29 is 23.7 Å². The van der Waals surface area contributed by atoms with Gasteiger partial charge >= 0.3 is 0 Å². The molecule has 0 aliphatic carbocycles. The standard InChI is InChI=1S/C24H23N3O5S/c1-29-19-5-3-6-20(15-19)31-10-4-11-32-21-8-7-17(14-22(21)30-2)13-18(16-25)23(28)27-24-26-9-12-33-24/h3,5-9,12-15H,4,10-11H2,1-2H3,(H,26,27,28)/b18-13-. The number of amides is 1. The van der Waals surface area contributed by atoms with E-state index in [-0.39, 0.29) is 5.57 Å². The third kappa shape index (κ3) is 6.98. The topological polar surface area (TPSA) is 103 Å². The zero-order chi connectivity index (χ0) is 23.5. The average Bonchev–Trinajstić information content (AvgIpc) is 3.35. The first-order valence-electron chi connectivity index (χ1n) is 10.0. The Morgan fingerprint density at radius 1 is 1.09 bits per heavy atom. The highest BCUT2D eigenvalue weighted by molar-refractivity contribution is 7.13. The summed E-state index contributed by atoms with van der Waals surface area (Å²) in [5.74, 6) is 2.00. The van der Waals surface area contributed by atoms with Gasteiger partial charge in [-0.3, -0.25) is 10.1 Å². The van der Waals surface area contributed by atoms with Crippen molar-refractivity contribution in [2.45, 2.75) is 6.42 Å². The van der Waals surface area contributed by atoms with Crippen LogP contribution in [-0.4, -0.2) is 38.3 Å². The number of carbonyl (C=O) groups is 1. The lowest BCUT2D eigenvalue weighted by molar-refractivity contribution is -0.112. The van der Waals surface area contributed by atoms with Gasteiger partial charge in [0.1, 0.15) is 23.1 Å². The highest BCUT2D eigenvalue weighted by Crippen LogP contribution is 2.29. The van der Waals surface area contributed by atoms with Crippen LogP contribution in [0.2, 0.25) is 0 Å². The summed E-state index contributed by atoms with van der Waals surface area (Å²) in [4.78, 5) is 16.3. The minimum absolute atomic E-state index is 0.0457. The first-order valence-corrected chi connectivity index (χ1v) is 10.9. The predicted molar refractivity (Wildman–Crippen MR) is 126 cm³/mol. The van der Waals surface area contributed by atoms with Gasteiger partial charge in [0.25, 0.3) is 5.91 Å². The van der Waals surface area contributed by atoms with Gasteiger partial charge in [-0.25, -0.2) is 4.98 Å². The summed E-state index contributed by atoms with van der Waals surface area (Å²) < 4.78 is 22.1. The normalized spacial score (nSPS) is 10.8. The lowest BCUT2D eigenvalue weighted by Gasteiger charge is -2.12. The molecule has 1 N–H and O–H groups in total. The number of methoxy groups -OCH3 is 2. The molecule has 0 fully saturated rings. The molecule has 0 aliphatic heterocycles. The largest absolute Gasteiger partial charge is 0.497 e. The van der Waals surface area contributed by atoms with E-state index in [1.165, 1.54) is 24.5 Å². The number of hydrogen-bond donors (Lipinski definition) is 1. The van der Waals surface area contributed by atoms with E-state index in [1.54, 1.807) is 36.9 Å². The van der Waals surface area contributed by atoms with Gasteiger partial charge in [-0.1, -0.05) is 12.1 Å². The maximum Gasteiger partial charge on any atom is 0.268 e. The first kappa shape index (κ1) is 23.6. The number of hydrogen-bond acceptors (Lipinski definition) is 8. The van der Waals surface area contributed by atoms with Crippen molar-refractivity contribution in [1.82, 2.24) is 4.98 Å². The quantitative estimate of drug-likeness (QED) is 0.252. The molecule has 8 nitrogen and oxygen atoms in total. The molecule has 0 atom stereocenters. The van der Waals surface area contributed by atoms with Crippen LogP contribution in [0, 0.1) is 11.3 Å². The van der Waals surface area contributed by atoms with Crippen LogP contribution < -0.4 is 24.3 Å². The molecule has 0 saturated carbocycles. The zero-order valence-corrected chi connectivity index (χ0v) is 19.1. The smallest absolute Gasteiger partial charge is 0.268 e. The summed E-state index contributed by atoms with van der Waals surface area (Å²) >= 11 is 1.27. The van der Waals surface area contributed by atoms with Crippen LogP contribution in [0.4, 0.5) is 5.13 Å². The predicted octanol–water partition coefficient (Wildman–Crippen LogP) is 4.55. The summed E-state index contributed by atoms with van der Waals surface area (Å²) in [6.45, 7) is 0.908. The van der Waals surface area contributed by atoms with Gasteiger partial charge in [-0.05, 0) is 35.9 Å². The average molecular weight is 466 g/mol. The Hall–Kier alpha value is -4.03. The van der Waals surface area contributed by atoms with E-state index in [0.717, 1.165) is 11.5 Å². The van der Waals surface area contributed by atoms with Crippen LogP contribution in [0.25, 0.3) is 6.08 Å². The van der Waals surface area contributed by atoms with Crippen molar-refractivity contribution in [3.63, 3.8) is 0 Å². The van der Waals surface area contributed by atoms with Gasteiger partial charge < -0.3 is 18.9 Å². The van der Waals surface area contributed by atoms with E-state index in [2.05, 4.69) is 10.3 Å². The van der Waals surface area contributed by atoms with Crippen LogP contribution in [-0.2, 0) is 4.79 Å². The van der Waals surface area contributed by atoms with Crippen molar-refractivity contribution in [2.75, 3.05) is 32.8 Å². The molecule has 3 rings (SSSR count). The number of thiazole rings is 1. The maximum atomic E-state index is 12.3. The molecule has 0 unspecified atom stereocenters. The van der Waals surface area contributed by atoms with Gasteiger partial charge in [0.2, 0.25) is 0 Å². The molecule has 170 valence electrons. The Balaban J connectivity index is 1.55. The van der Waals surface area contributed by atoms with Gasteiger partial charge in [0.05, 0.1) is 27.4 Å². The second kappa shape index (κ2) is 12.1. The summed E-state index contributed by atoms with van der Waals surface area (Å²) in [5, 5.41) is 14.1. The maximum absolute atomic E-state index is 12.3. The molecule has 3 aromatic rings. The lowest BCUT2D eigenvalue weighted by atomic mass is 10.1. The van der Waals surface area contributed by atoms with E-state index in [0.29, 0.717) is 41.8 Å². The highest BCUT2D eigenvalue weighted by atomic mass is 32.1. The zero-order valence-electron chi connectivity index (χ0n) is 18.2. The molecule has 1 amide bonds. The number of nitriles is 1. The summed E-state index contributed by atoms with van der Waals surface area (Å²) in [7, 11) is 3.14. The molecule has 1 heterocycles. The number of rotatable bonds is 11. The van der Waals surface area contributed by atoms with Gasteiger partial charge in [-0.2, -0.15) is 5.26 Å². The third-order valence-electron chi connectivity index (χ3n) is 4.37. The van der Waals surface area contributed by atoms with E-state index in [9.17, 15) is 10.1 Å². The molecule has 0 bridgehead atoms.